The van der Waals surface area contributed by atoms with Gasteiger partial charge in [0.05, 0.1) is 18.1 Å². The Labute approximate surface area is 142 Å². The smallest absolute Gasteiger partial charge is 0.287 e. The molecule has 3 N–H and O–H groups in total. The zero-order valence-electron chi connectivity index (χ0n) is 12.0. The lowest BCUT2D eigenvalue weighted by atomic mass is 10.2. The minimum atomic E-state index is -3.97. The van der Waals surface area contributed by atoms with Crippen molar-refractivity contribution in [2.45, 2.75) is 0 Å². The number of carbonyl (C=O) groups is 1. The molecule has 0 atom stereocenters. The van der Waals surface area contributed by atoms with Crippen molar-refractivity contribution in [3.8, 4) is 5.75 Å². The fourth-order valence-corrected chi connectivity index (χ4v) is 2.59. The molecule has 0 saturated heterocycles. The lowest BCUT2D eigenvalue weighted by Crippen LogP contribution is -2.12. The SMILES string of the molecule is COc1cc(Cl)ccc1C(N)=O.O=S(=O)(O)/C=C/c1cccs1. The maximum absolute atomic E-state index is 10.8. The Morgan fingerprint density at radius 2 is 2.09 bits per heavy atom. The van der Waals surface area contributed by atoms with Gasteiger partial charge in [0.2, 0.25) is 0 Å². The summed E-state index contributed by atoms with van der Waals surface area (Å²) in [5.41, 5.74) is 5.41. The number of hydrogen-bond acceptors (Lipinski definition) is 5. The van der Waals surface area contributed by atoms with Crippen LogP contribution in [0.15, 0.2) is 41.1 Å². The number of hydrogen-bond donors (Lipinski definition) is 2. The maximum Gasteiger partial charge on any atom is 0.287 e. The zero-order valence-corrected chi connectivity index (χ0v) is 14.4. The van der Waals surface area contributed by atoms with Crippen LogP contribution in [0.5, 0.6) is 5.75 Å². The van der Waals surface area contributed by atoms with E-state index in [1.165, 1.54) is 30.6 Å². The van der Waals surface area contributed by atoms with E-state index >= 15 is 0 Å². The molecule has 1 aromatic heterocycles. The maximum atomic E-state index is 10.8. The molecule has 0 fully saturated rings. The van der Waals surface area contributed by atoms with Crippen LogP contribution in [0.4, 0.5) is 0 Å². The average molecular weight is 376 g/mol. The van der Waals surface area contributed by atoms with Gasteiger partial charge in [0.1, 0.15) is 5.75 Å². The molecule has 1 aromatic carbocycles. The van der Waals surface area contributed by atoms with Crippen LogP contribution in [-0.4, -0.2) is 26.0 Å². The minimum Gasteiger partial charge on any atom is -0.496 e. The van der Waals surface area contributed by atoms with E-state index in [4.69, 9.17) is 26.6 Å². The molecular formula is C14H14ClNO5S2. The van der Waals surface area contributed by atoms with Gasteiger partial charge >= 0.3 is 0 Å². The van der Waals surface area contributed by atoms with Crippen LogP contribution in [0.25, 0.3) is 6.08 Å². The number of ether oxygens (including phenoxy) is 1. The third-order valence-corrected chi connectivity index (χ3v) is 3.93. The molecule has 0 spiro atoms. The monoisotopic (exact) mass is 375 g/mol. The Morgan fingerprint density at radius 1 is 1.39 bits per heavy atom. The van der Waals surface area contributed by atoms with Gasteiger partial charge < -0.3 is 10.5 Å². The molecule has 0 aliphatic rings. The van der Waals surface area contributed by atoms with Gasteiger partial charge in [-0.15, -0.1) is 11.3 Å². The van der Waals surface area contributed by atoms with Crippen LogP contribution in [0.2, 0.25) is 5.02 Å². The van der Waals surface area contributed by atoms with Crippen LogP contribution in [0.3, 0.4) is 0 Å². The Balaban J connectivity index is 0.000000231. The first-order valence-corrected chi connectivity index (χ1v) is 8.81. The molecule has 9 heteroatoms. The molecule has 1 heterocycles. The summed E-state index contributed by atoms with van der Waals surface area (Å²) in [6.07, 6.45) is 1.35. The summed E-state index contributed by atoms with van der Waals surface area (Å²) in [5, 5.41) is 3.10. The van der Waals surface area contributed by atoms with Gasteiger partial charge in [0.25, 0.3) is 16.0 Å². The number of thiophene rings is 1. The molecule has 0 bridgehead atoms. The highest BCUT2D eigenvalue weighted by atomic mass is 35.5. The van der Waals surface area contributed by atoms with E-state index in [1.807, 2.05) is 5.38 Å². The van der Waals surface area contributed by atoms with E-state index in [9.17, 15) is 13.2 Å². The van der Waals surface area contributed by atoms with Crippen molar-refractivity contribution >= 4 is 45.0 Å². The van der Waals surface area contributed by atoms with Gasteiger partial charge in [0.15, 0.2) is 0 Å². The summed E-state index contributed by atoms with van der Waals surface area (Å²) in [4.78, 5) is 11.6. The number of primary amides is 1. The molecule has 124 valence electrons. The van der Waals surface area contributed by atoms with Gasteiger partial charge in [-0.3, -0.25) is 9.35 Å². The molecule has 0 radical (unpaired) electrons. The molecule has 2 rings (SSSR count). The van der Waals surface area contributed by atoms with Gasteiger partial charge in [-0.2, -0.15) is 8.42 Å². The fourth-order valence-electron chi connectivity index (χ4n) is 1.41. The molecule has 0 aliphatic carbocycles. The topological polar surface area (TPSA) is 107 Å². The highest BCUT2D eigenvalue weighted by Gasteiger charge is 2.07. The van der Waals surface area contributed by atoms with Gasteiger partial charge in [-0.05, 0) is 35.7 Å². The summed E-state index contributed by atoms with van der Waals surface area (Å²) in [6.45, 7) is 0. The van der Waals surface area contributed by atoms with Crippen molar-refractivity contribution in [3.63, 3.8) is 0 Å². The van der Waals surface area contributed by atoms with Gasteiger partial charge in [-0.25, -0.2) is 0 Å². The highest BCUT2D eigenvalue weighted by Crippen LogP contribution is 2.22. The van der Waals surface area contributed by atoms with Gasteiger partial charge in [0, 0.05) is 9.90 Å². The normalized spacial score (nSPS) is 10.9. The second kappa shape index (κ2) is 8.68. The van der Waals surface area contributed by atoms with Crippen LogP contribution < -0.4 is 10.5 Å². The zero-order chi connectivity index (χ0) is 17.5. The fraction of sp³-hybridized carbons (Fsp3) is 0.0714. The van der Waals surface area contributed by atoms with Crippen LogP contribution in [0.1, 0.15) is 15.2 Å². The number of nitrogens with two attached hydrogens (primary N) is 1. The van der Waals surface area contributed by atoms with Crippen molar-refractivity contribution < 1.29 is 22.5 Å². The average Bonchev–Trinajstić information content (AvgIpc) is 2.98. The summed E-state index contributed by atoms with van der Waals surface area (Å²) in [5.74, 6) is -0.126. The molecule has 2 aromatic rings. The van der Waals surface area contributed by atoms with Crippen molar-refractivity contribution in [2.24, 2.45) is 5.73 Å². The number of amides is 1. The Morgan fingerprint density at radius 3 is 2.57 bits per heavy atom. The third-order valence-electron chi connectivity index (χ3n) is 2.38. The molecular weight excluding hydrogens is 362 g/mol. The molecule has 0 unspecified atom stereocenters. The van der Waals surface area contributed by atoms with E-state index in [-0.39, 0.29) is 0 Å². The van der Waals surface area contributed by atoms with E-state index in [2.05, 4.69) is 0 Å². The van der Waals surface area contributed by atoms with Crippen molar-refractivity contribution in [2.75, 3.05) is 7.11 Å². The van der Waals surface area contributed by atoms with Crippen LogP contribution in [0, 0.1) is 0 Å². The molecule has 6 nitrogen and oxygen atoms in total. The standard InChI is InChI=1S/C8H8ClNO2.C6H6O3S2/c1-12-7-4-5(9)2-3-6(7)8(10)11;7-11(8,9)5-3-6-2-1-4-10-6/h2-4H,1H3,(H2,10,11);1-5H,(H,7,8,9)/b;5-3+. The van der Waals surface area contributed by atoms with E-state index in [0.29, 0.717) is 16.3 Å². The van der Waals surface area contributed by atoms with E-state index in [1.54, 1.807) is 24.3 Å². The molecule has 0 aliphatic heterocycles. The van der Waals surface area contributed by atoms with Crippen LogP contribution in [-0.2, 0) is 10.1 Å². The number of rotatable bonds is 4. The first-order chi connectivity index (χ1) is 10.7. The summed E-state index contributed by atoms with van der Waals surface area (Å²) < 4.78 is 33.6. The Kier molecular flexibility index (Phi) is 7.24. The quantitative estimate of drug-likeness (QED) is 0.798. The number of halogens is 1. The van der Waals surface area contributed by atoms with Crippen molar-refractivity contribution in [1.29, 1.82) is 0 Å². The van der Waals surface area contributed by atoms with Crippen molar-refractivity contribution in [1.82, 2.24) is 0 Å². The first-order valence-electron chi connectivity index (χ1n) is 6.05. The summed E-state index contributed by atoms with van der Waals surface area (Å²) in [7, 11) is -2.52. The van der Waals surface area contributed by atoms with E-state index in [0.717, 1.165) is 10.3 Å². The third kappa shape index (κ3) is 7.29. The second-order valence-electron chi connectivity index (χ2n) is 4.04. The summed E-state index contributed by atoms with van der Waals surface area (Å²) >= 11 is 7.07. The summed E-state index contributed by atoms with van der Waals surface area (Å²) in [6, 6.07) is 8.22. The number of benzene rings is 1. The largest absolute Gasteiger partial charge is 0.496 e. The first kappa shape index (κ1) is 19.2. The minimum absolute atomic E-state index is 0.335. The van der Waals surface area contributed by atoms with Crippen LogP contribution >= 0.6 is 22.9 Å². The van der Waals surface area contributed by atoms with Gasteiger partial charge in [-0.1, -0.05) is 17.7 Å². The number of carbonyl (C=O) groups excluding carboxylic acids is 1. The predicted molar refractivity (Wildman–Crippen MR) is 91.4 cm³/mol. The molecule has 23 heavy (non-hydrogen) atoms. The Bertz CT molecular complexity index is 786. The lowest BCUT2D eigenvalue weighted by molar-refractivity contribution is 0.0997. The number of methoxy groups -OCH3 is 1. The molecule has 0 saturated carbocycles. The predicted octanol–water partition coefficient (Wildman–Crippen LogP) is 3.05. The highest BCUT2D eigenvalue weighted by molar-refractivity contribution is 7.88. The van der Waals surface area contributed by atoms with E-state index < -0.39 is 16.0 Å². The second-order valence-corrected chi connectivity index (χ2v) is 6.76. The Hall–Kier alpha value is -1.87. The molecule has 1 amide bonds. The van der Waals surface area contributed by atoms with Crippen molar-refractivity contribution in [3.05, 3.63) is 56.6 Å². The lowest BCUT2D eigenvalue weighted by Gasteiger charge is -2.04.